The van der Waals surface area contributed by atoms with Crippen LogP contribution in [-0.4, -0.2) is 34.3 Å². The maximum Gasteiger partial charge on any atom is 0.252 e. The molecule has 1 amide bonds. The van der Waals surface area contributed by atoms with E-state index in [4.69, 9.17) is 4.74 Å². The standard InChI is InChI=1S/C24H28N4O2/c1-17-14-18(2)28(27-17)22-11-10-19(15-25-22)23(29)26-16-24(12-6-7-13-24)20-8-4-5-9-21(20)30-3/h4-5,8-11,14-15H,6-7,12-13,16H2,1-3H3,(H,26,29). The van der Waals surface area contributed by atoms with Crippen molar-refractivity contribution in [3.05, 3.63) is 71.2 Å². The molecule has 156 valence electrons. The average Bonchev–Trinajstić information content (AvgIpc) is 3.38. The maximum atomic E-state index is 12.8. The Balaban J connectivity index is 1.50. The lowest BCUT2D eigenvalue weighted by Gasteiger charge is -2.31. The van der Waals surface area contributed by atoms with E-state index in [2.05, 4.69) is 21.5 Å². The van der Waals surface area contributed by atoms with Crippen LogP contribution in [0.25, 0.3) is 5.82 Å². The SMILES string of the molecule is COc1ccccc1C1(CNC(=O)c2ccc(-n3nc(C)cc3C)nc2)CCCC1. The molecule has 1 aromatic carbocycles. The van der Waals surface area contributed by atoms with Crippen molar-refractivity contribution in [2.75, 3.05) is 13.7 Å². The zero-order valence-electron chi connectivity index (χ0n) is 17.8. The van der Waals surface area contributed by atoms with E-state index >= 15 is 0 Å². The molecule has 0 atom stereocenters. The van der Waals surface area contributed by atoms with Gasteiger partial charge >= 0.3 is 0 Å². The molecule has 1 N–H and O–H groups in total. The smallest absolute Gasteiger partial charge is 0.252 e. The van der Waals surface area contributed by atoms with Crippen molar-refractivity contribution >= 4 is 5.91 Å². The van der Waals surface area contributed by atoms with E-state index in [1.807, 2.05) is 44.2 Å². The summed E-state index contributed by atoms with van der Waals surface area (Å²) in [5.41, 5.74) is 3.60. The number of hydrogen-bond acceptors (Lipinski definition) is 4. The van der Waals surface area contributed by atoms with Crippen LogP contribution in [0.1, 0.15) is 53.0 Å². The molecule has 0 spiro atoms. The molecule has 1 aliphatic carbocycles. The summed E-state index contributed by atoms with van der Waals surface area (Å²) in [6, 6.07) is 13.8. The lowest BCUT2D eigenvalue weighted by molar-refractivity contribution is 0.0942. The fourth-order valence-corrected chi connectivity index (χ4v) is 4.53. The molecule has 1 aliphatic rings. The average molecular weight is 405 g/mol. The van der Waals surface area contributed by atoms with Crippen LogP contribution in [0.15, 0.2) is 48.7 Å². The normalized spacial score (nSPS) is 15.2. The molecule has 6 nitrogen and oxygen atoms in total. The second kappa shape index (κ2) is 8.30. The number of aryl methyl sites for hydroxylation is 2. The van der Waals surface area contributed by atoms with Gasteiger partial charge in [0.2, 0.25) is 0 Å². The Bertz CT molecular complexity index is 1030. The van der Waals surface area contributed by atoms with Crippen molar-refractivity contribution in [2.24, 2.45) is 0 Å². The number of carbonyl (C=O) groups excluding carboxylic acids is 1. The van der Waals surface area contributed by atoms with E-state index in [0.717, 1.165) is 42.8 Å². The molecule has 1 saturated carbocycles. The molecule has 0 aliphatic heterocycles. The van der Waals surface area contributed by atoms with Crippen LogP contribution in [0, 0.1) is 13.8 Å². The van der Waals surface area contributed by atoms with Gasteiger partial charge in [-0.05, 0) is 51.0 Å². The van der Waals surface area contributed by atoms with Crippen molar-refractivity contribution in [3.63, 3.8) is 0 Å². The molecule has 0 unspecified atom stereocenters. The van der Waals surface area contributed by atoms with E-state index in [9.17, 15) is 4.79 Å². The van der Waals surface area contributed by atoms with Crippen LogP contribution in [0.5, 0.6) is 5.75 Å². The summed E-state index contributed by atoms with van der Waals surface area (Å²) in [7, 11) is 1.70. The Morgan fingerprint density at radius 2 is 1.93 bits per heavy atom. The molecule has 2 aromatic heterocycles. The highest BCUT2D eigenvalue weighted by Crippen LogP contribution is 2.44. The minimum Gasteiger partial charge on any atom is -0.496 e. The van der Waals surface area contributed by atoms with E-state index in [0.29, 0.717) is 17.9 Å². The van der Waals surface area contributed by atoms with Crippen LogP contribution in [0.4, 0.5) is 0 Å². The van der Waals surface area contributed by atoms with Crippen LogP contribution in [0.2, 0.25) is 0 Å². The number of benzene rings is 1. The lowest BCUT2D eigenvalue weighted by Crippen LogP contribution is -2.39. The maximum absolute atomic E-state index is 12.8. The number of aromatic nitrogens is 3. The Labute approximate surface area is 177 Å². The van der Waals surface area contributed by atoms with Crippen molar-refractivity contribution < 1.29 is 9.53 Å². The summed E-state index contributed by atoms with van der Waals surface area (Å²) in [6.07, 6.45) is 6.02. The first-order valence-electron chi connectivity index (χ1n) is 10.4. The number of amides is 1. The Morgan fingerprint density at radius 3 is 2.57 bits per heavy atom. The van der Waals surface area contributed by atoms with Gasteiger partial charge in [0.25, 0.3) is 5.91 Å². The molecule has 1 fully saturated rings. The minimum absolute atomic E-state index is 0.0840. The quantitative estimate of drug-likeness (QED) is 0.671. The summed E-state index contributed by atoms with van der Waals surface area (Å²) in [5, 5.41) is 7.59. The van der Waals surface area contributed by atoms with Crippen molar-refractivity contribution in [3.8, 4) is 11.6 Å². The van der Waals surface area contributed by atoms with Gasteiger partial charge in [-0.1, -0.05) is 31.0 Å². The van der Waals surface area contributed by atoms with Gasteiger partial charge in [0, 0.05) is 29.4 Å². The topological polar surface area (TPSA) is 69.0 Å². The van der Waals surface area contributed by atoms with E-state index < -0.39 is 0 Å². The largest absolute Gasteiger partial charge is 0.496 e. The molecule has 0 saturated heterocycles. The second-order valence-corrected chi connectivity index (χ2v) is 8.11. The predicted molar refractivity (Wildman–Crippen MR) is 116 cm³/mol. The highest BCUT2D eigenvalue weighted by atomic mass is 16.5. The third kappa shape index (κ3) is 3.82. The Kier molecular flexibility index (Phi) is 5.57. The highest BCUT2D eigenvalue weighted by Gasteiger charge is 2.38. The molecule has 0 bridgehead atoms. The van der Waals surface area contributed by atoms with Crippen LogP contribution < -0.4 is 10.1 Å². The number of ether oxygens (including phenoxy) is 1. The van der Waals surface area contributed by atoms with Gasteiger partial charge in [-0.15, -0.1) is 0 Å². The summed E-state index contributed by atoms with van der Waals surface area (Å²) in [5.74, 6) is 1.49. The summed E-state index contributed by atoms with van der Waals surface area (Å²) in [4.78, 5) is 17.3. The van der Waals surface area contributed by atoms with Crippen LogP contribution >= 0.6 is 0 Å². The lowest BCUT2D eigenvalue weighted by atomic mass is 9.78. The summed E-state index contributed by atoms with van der Waals surface area (Å²) >= 11 is 0. The second-order valence-electron chi connectivity index (χ2n) is 8.11. The van der Waals surface area contributed by atoms with Gasteiger partial charge in [0.05, 0.1) is 18.4 Å². The van der Waals surface area contributed by atoms with Crippen molar-refractivity contribution in [2.45, 2.75) is 44.9 Å². The number of nitrogens with one attached hydrogen (secondary N) is 1. The van der Waals surface area contributed by atoms with Crippen LogP contribution in [0.3, 0.4) is 0 Å². The Hall–Kier alpha value is -3.15. The van der Waals surface area contributed by atoms with Crippen molar-refractivity contribution in [1.82, 2.24) is 20.1 Å². The van der Waals surface area contributed by atoms with Crippen LogP contribution in [-0.2, 0) is 5.41 Å². The monoisotopic (exact) mass is 404 g/mol. The highest BCUT2D eigenvalue weighted by molar-refractivity contribution is 5.94. The van der Waals surface area contributed by atoms with Gasteiger partial charge in [-0.2, -0.15) is 5.10 Å². The fourth-order valence-electron chi connectivity index (χ4n) is 4.53. The number of rotatable bonds is 6. The number of hydrogen-bond donors (Lipinski definition) is 1. The van der Waals surface area contributed by atoms with E-state index in [1.54, 1.807) is 24.1 Å². The Morgan fingerprint density at radius 1 is 1.17 bits per heavy atom. The molecular formula is C24H28N4O2. The molecule has 4 rings (SSSR count). The van der Waals surface area contributed by atoms with Gasteiger partial charge in [-0.25, -0.2) is 9.67 Å². The number of carbonyl (C=O) groups is 1. The number of para-hydroxylation sites is 1. The first-order valence-corrected chi connectivity index (χ1v) is 10.4. The number of nitrogens with zero attached hydrogens (tertiary/aromatic N) is 3. The molecule has 6 heteroatoms. The fraction of sp³-hybridized carbons (Fsp3) is 0.375. The van der Waals surface area contributed by atoms with Gasteiger partial charge in [0.15, 0.2) is 5.82 Å². The summed E-state index contributed by atoms with van der Waals surface area (Å²) < 4.78 is 7.39. The zero-order valence-corrected chi connectivity index (χ0v) is 17.8. The minimum atomic E-state index is -0.108. The first-order chi connectivity index (χ1) is 14.5. The molecule has 2 heterocycles. The molecular weight excluding hydrogens is 376 g/mol. The number of pyridine rings is 1. The van der Waals surface area contributed by atoms with Crippen molar-refractivity contribution in [1.29, 1.82) is 0 Å². The van der Waals surface area contributed by atoms with E-state index in [-0.39, 0.29) is 11.3 Å². The first kappa shape index (κ1) is 20.1. The zero-order chi connectivity index (χ0) is 21.1. The molecule has 30 heavy (non-hydrogen) atoms. The predicted octanol–water partition coefficient (Wildman–Crippen LogP) is 4.13. The van der Waals surface area contributed by atoms with Gasteiger partial charge in [-0.3, -0.25) is 4.79 Å². The third-order valence-corrected chi connectivity index (χ3v) is 6.06. The summed E-state index contributed by atoms with van der Waals surface area (Å²) in [6.45, 7) is 4.53. The number of methoxy groups -OCH3 is 1. The van der Waals surface area contributed by atoms with E-state index in [1.165, 1.54) is 5.56 Å². The van der Waals surface area contributed by atoms with Gasteiger partial charge < -0.3 is 10.1 Å². The van der Waals surface area contributed by atoms with Gasteiger partial charge in [0.1, 0.15) is 5.75 Å². The molecule has 3 aromatic rings. The molecule has 0 radical (unpaired) electrons. The third-order valence-electron chi connectivity index (χ3n) is 6.06.